The molecular weight excluding hydrogens is 597 g/mol. The number of fused-ring (bicyclic) bond motifs is 5. The lowest BCUT2D eigenvalue weighted by Crippen LogP contribution is -2.50. The predicted molar refractivity (Wildman–Crippen MR) is 163 cm³/mol. The van der Waals surface area contributed by atoms with Crippen LogP contribution >= 0.6 is 0 Å². The molecule has 1 fully saturated rings. The van der Waals surface area contributed by atoms with Crippen LogP contribution in [0.3, 0.4) is 0 Å². The lowest BCUT2D eigenvalue weighted by atomic mass is 9.81. The summed E-state index contributed by atoms with van der Waals surface area (Å²) < 4.78 is 28.0. The number of pyridine rings is 2. The Bertz CT molecular complexity index is 1900. The molecule has 7 rings (SSSR count). The molecule has 13 heteroatoms. The lowest BCUT2D eigenvalue weighted by molar-refractivity contribution is -0.172. The summed E-state index contributed by atoms with van der Waals surface area (Å²) in [5, 5.41) is 17.8. The van der Waals surface area contributed by atoms with Crippen molar-refractivity contribution in [3.8, 4) is 11.4 Å². The molecule has 0 bridgehead atoms. The van der Waals surface area contributed by atoms with Crippen molar-refractivity contribution in [1.29, 1.82) is 0 Å². The largest absolute Gasteiger partial charge is 0.458 e. The molecule has 2 amide bonds. The van der Waals surface area contributed by atoms with E-state index in [1.165, 1.54) is 6.07 Å². The van der Waals surface area contributed by atoms with Gasteiger partial charge >= 0.3 is 5.97 Å². The first-order valence-corrected chi connectivity index (χ1v) is 15.8. The number of esters is 1. The number of nitrogens with two attached hydrogens (primary N) is 1. The number of amides is 2. The van der Waals surface area contributed by atoms with Gasteiger partial charge in [0, 0.05) is 22.6 Å². The number of rotatable bonds is 7. The zero-order chi connectivity index (χ0) is 32.5. The molecule has 2 aliphatic heterocycles. The first-order valence-electron chi connectivity index (χ1n) is 15.8. The zero-order valence-electron chi connectivity index (χ0n) is 25.8. The second-order valence-electron chi connectivity index (χ2n) is 12.7. The van der Waals surface area contributed by atoms with Crippen LogP contribution in [0.15, 0.2) is 16.9 Å². The van der Waals surface area contributed by atoms with Gasteiger partial charge in [-0.3, -0.25) is 14.4 Å². The van der Waals surface area contributed by atoms with Crippen molar-refractivity contribution in [2.75, 3.05) is 13.3 Å². The molecule has 0 unspecified atom stereocenters. The molecule has 12 nitrogen and oxygen atoms in total. The van der Waals surface area contributed by atoms with Crippen LogP contribution < -0.4 is 21.9 Å². The molecule has 242 valence electrons. The maximum Gasteiger partial charge on any atom is 0.343 e. The summed E-state index contributed by atoms with van der Waals surface area (Å²) in [5.74, 6) is -1.91. The Kier molecular flexibility index (Phi) is 7.25. The van der Waals surface area contributed by atoms with E-state index in [0.717, 1.165) is 29.4 Å². The van der Waals surface area contributed by atoms with Gasteiger partial charge < -0.3 is 35.5 Å². The highest BCUT2D eigenvalue weighted by Crippen LogP contribution is 2.46. The number of aryl methyl sites for hydroxylation is 1. The van der Waals surface area contributed by atoms with E-state index < -0.39 is 34.6 Å². The number of nitrogens with one attached hydrogen (secondary N) is 2. The van der Waals surface area contributed by atoms with Crippen LogP contribution in [0.25, 0.3) is 22.3 Å². The van der Waals surface area contributed by atoms with Gasteiger partial charge in [0.2, 0.25) is 5.91 Å². The van der Waals surface area contributed by atoms with Gasteiger partial charge in [-0.2, -0.15) is 0 Å². The van der Waals surface area contributed by atoms with Crippen molar-refractivity contribution >= 4 is 28.7 Å². The number of nitrogens with zero attached hydrogens (tertiary/aromatic N) is 2. The van der Waals surface area contributed by atoms with Crippen LogP contribution in [0, 0.1) is 12.7 Å². The molecule has 3 aromatic rings. The highest BCUT2D eigenvalue weighted by molar-refractivity contribution is 5.94. The van der Waals surface area contributed by atoms with E-state index in [1.807, 2.05) is 0 Å². The summed E-state index contributed by atoms with van der Waals surface area (Å²) in [5.41, 5.74) is 6.30. The van der Waals surface area contributed by atoms with Gasteiger partial charge in [-0.05, 0) is 74.6 Å². The Labute approximate surface area is 263 Å². The first kappa shape index (κ1) is 30.5. The molecule has 4 aliphatic rings. The Morgan fingerprint density at radius 3 is 2.70 bits per heavy atom. The Morgan fingerprint density at radius 1 is 1.22 bits per heavy atom. The number of hydrogen-bond acceptors (Lipinski definition) is 9. The van der Waals surface area contributed by atoms with Gasteiger partial charge in [0.15, 0.2) is 5.60 Å². The molecule has 4 heterocycles. The van der Waals surface area contributed by atoms with Gasteiger partial charge in [-0.15, -0.1) is 0 Å². The normalized spacial score (nSPS) is 22.2. The van der Waals surface area contributed by atoms with Crippen LogP contribution in [0.5, 0.6) is 0 Å². The summed E-state index contributed by atoms with van der Waals surface area (Å²) in [4.78, 5) is 57.1. The maximum atomic E-state index is 15.2. The maximum absolute atomic E-state index is 15.2. The van der Waals surface area contributed by atoms with Gasteiger partial charge in [0.25, 0.3) is 11.5 Å². The average molecular weight is 634 g/mol. The standard InChI is InChI=1S/C33H36FN5O7/c1-3-33(44)20-10-24-28-18(13-39(24)29(41)19(20)14-45-31(33)43)27-22(7-6-17-16(2)21(34)11-23(37-28)26(17)27)38-30(42)32(8-4-5-9-32)46-15-36-25(40)12-35/h10-11,22,44H,3-9,12-15,35H2,1-2H3,(H,36,40)(H,38,42)/t22-,33-/m0/s1. The third-order valence-corrected chi connectivity index (χ3v) is 10.3. The molecule has 1 saturated carbocycles. The van der Waals surface area contributed by atoms with Crippen LogP contribution in [-0.2, 0) is 49.0 Å². The summed E-state index contributed by atoms with van der Waals surface area (Å²) >= 11 is 0. The number of aliphatic hydroxyl groups is 1. The number of benzene rings is 1. The van der Waals surface area contributed by atoms with Crippen molar-refractivity contribution in [3.05, 3.63) is 61.7 Å². The molecule has 5 N–H and O–H groups in total. The van der Waals surface area contributed by atoms with Gasteiger partial charge in [0.1, 0.15) is 24.8 Å². The Hall–Kier alpha value is -4.20. The summed E-state index contributed by atoms with van der Waals surface area (Å²) in [7, 11) is 0. The molecule has 46 heavy (non-hydrogen) atoms. The van der Waals surface area contributed by atoms with E-state index >= 15 is 4.39 Å². The number of carbonyl (C=O) groups excluding carboxylic acids is 3. The molecule has 0 radical (unpaired) electrons. The second kappa shape index (κ2) is 11.0. The van der Waals surface area contributed by atoms with Gasteiger partial charge in [-0.1, -0.05) is 6.92 Å². The smallest absolute Gasteiger partial charge is 0.343 e. The van der Waals surface area contributed by atoms with Crippen molar-refractivity contribution in [2.45, 2.75) is 89.2 Å². The first-order chi connectivity index (χ1) is 22.0. The minimum atomic E-state index is -1.98. The summed E-state index contributed by atoms with van der Waals surface area (Å²) in [6.45, 7) is 2.91. The number of hydrogen-bond donors (Lipinski definition) is 4. The molecule has 0 spiro atoms. The number of cyclic esters (lactones) is 1. The highest BCUT2D eigenvalue weighted by Gasteiger charge is 2.47. The van der Waals surface area contributed by atoms with Crippen LogP contribution in [0.2, 0.25) is 0 Å². The molecule has 2 aromatic heterocycles. The zero-order valence-corrected chi connectivity index (χ0v) is 25.8. The fraction of sp³-hybridized carbons (Fsp3) is 0.485. The van der Waals surface area contributed by atoms with Crippen LogP contribution in [0.1, 0.15) is 84.9 Å². The fourth-order valence-corrected chi connectivity index (χ4v) is 7.70. The van der Waals surface area contributed by atoms with E-state index in [1.54, 1.807) is 24.5 Å². The fourth-order valence-electron chi connectivity index (χ4n) is 7.70. The number of carbonyl (C=O) groups is 3. The lowest BCUT2D eigenvalue weighted by Gasteiger charge is -2.34. The molecule has 2 atom stereocenters. The third-order valence-electron chi connectivity index (χ3n) is 10.3. The van der Waals surface area contributed by atoms with Gasteiger partial charge in [0.05, 0.1) is 41.6 Å². The van der Waals surface area contributed by atoms with Crippen molar-refractivity contribution < 1.29 is 33.4 Å². The monoisotopic (exact) mass is 633 g/mol. The van der Waals surface area contributed by atoms with Crippen molar-refractivity contribution in [1.82, 2.24) is 20.2 Å². The number of halogens is 1. The molecule has 0 saturated heterocycles. The topological polar surface area (TPSA) is 175 Å². The van der Waals surface area contributed by atoms with E-state index in [2.05, 4.69) is 10.6 Å². The van der Waals surface area contributed by atoms with Crippen LogP contribution in [-0.4, -0.2) is 51.3 Å². The predicted octanol–water partition coefficient (Wildman–Crippen LogP) is 1.99. The van der Waals surface area contributed by atoms with E-state index in [9.17, 15) is 24.3 Å². The number of aromatic nitrogens is 2. The minimum Gasteiger partial charge on any atom is -0.458 e. The SMILES string of the molecule is CC[C@@]1(O)C(=O)OCc2c1cc1n(c2=O)Cc2c-1nc1cc(F)c(C)c3c1c2[C@@H](NC(=O)C1(OCNC(=O)CN)CCCC1)CC3. The van der Waals surface area contributed by atoms with E-state index in [4.69, 9.17) is 20.2 Å². The highest BCUT2D eigenvalue weighted by atomic mass is 19.1. The summed E-state index contributed by atoms with van der Waals surface area (Å²) in [6.07, 6.45) is 3.55. The average Bonchev–Trinajstić information content (AvgIpc) is 3.68. The molecular formula is C33H36FN5O7. The molecule has 1 aromatic carbocycles. The van der Waals surface area contributed by atoms with E-state index in [0.29, 0.717) is 53.7 Å². The second-order valence-corrected chi connectivity index (χ2v) is 12.7. The Balaban J connectivity index is 1.35. The Morgan fingerprint density at radius 2 is 1.98 bits per heavy atom. The third kappa shape index (κ3) is 4.39. The van der Waals surface area contributed by atoms with E-state index in [-0.39, 0.29) is 55.8 Å². The van der Waals surface area contributed by atoms with Gasteiger partial charge in [-0.25, -0.2) is 14.2 Å². The number of ether oxygens (including phenoxy) is 2. The summed E-state index contributed by atoms with van der Waals surface area (Å²) in [6, 6.07) is 2.50. The minimum absolute atomic E-state index is 0.00661. The quantitative estimate of drug-likeness (QED) is 0.175. The van der Waals surface area contributed by atoms with Crippen molar-refractivity contribution in [3.63, 3.8) is 0 Å². The van der Waals surface area contributed by atoms with Crippen molar-refractivity contribution in [2.24, 2.45) is 5.73 Å². The van der Waals surface area contributed by atoms with Crippen LogP contribution in [0.4, 0.5) is 4.39 Å². The molecule has 2 aliphatic carbocycles.